The lowest BCUT2D eigenvalue weighted by Gasteiger charge is -2.08. The Hall–Kier alpha value is -2.76. The topological polar surface area (TPSA) is 46.5 Å². The van der Waals surface area contributed by atoms with Gasteiger partial charge < -0.3 is 0 Å². The van der Waals surface area contributed by atoms with Gasteiger partial charge in [-0.1, -0.05) is 19.6 Å². The third-order valence-corrected chi connectivity index (χ3v) is 5.20. The molecule has 1 fully saturated rings. The van der Waals surface area contributed by atoms with Gasteiger partial charge in [0.25, 0.3) is 0 Å². The Morgan fingerprint density at radius 2 is 1.97 bits per heavy atom. The summed E-state index contributed by atoms with van der Waals surface area (Å²) in [6.07, 6.45) is 6.87. The molecule has 29 heavy (non-hydrogen) atoms. The van der Waals surface area contributed by atoms with E-state index in [0.29, 0.717) is 17.1 Å². The number of nitrogens with one attached hydrogen (secondary N) is 1. The second-order valence-electron chi connectivity index (χ2n) is 7.68. The number of aromatic nitrogens is 4. The van der Waals surface area contributed by atoms with Crippen LogP contribution in [0.2, 0.25) is 0 Å². The number of aromatic amines is 1. The van der Waals surface area contributed by atoms with Crippen LogP contribution in [0.3, 0.4) is 0 Å². The molecule has 1 aliphatic carbocycles. The van der Waals surface area contributed by atoms with Crippen molar-refractivity contribution in [2.75, 3.05) is 0 Å². The lowest BCUT2D eigenvalue weighted by Crippen LogP contribution is -2.01. The summed E-state index contributed by atoms with van der Waals surface area (Å²) < 4.78 is 29.1. The van der Waals surface area contributed by atoms with Gasteiger partial charge in [0.1, 0.15) is 11.6 Å². The quantitative estimate of drug-likeness (QED) is 0.558. The predicted molar refractivity (Wildman–Crippen MR) is 113 cm³/mol. The van der Waals surface area contributed by atoms with E-state index in [0.717, 1.165) is 42.6 Å². The van der Waals surface area contributed by atoms with Crippen molar-refractivity contribution in [2.45, 2.75) is 59.4 Å². The second kappa shape index (κ2) is 8.72. The number of halogens is 2. The smallest absolute Gasteiger partial charge is 0.137 e. The number of hydrogen-bond donors (Lipinski definition) is 1. The molecule has 154 valence electrons. The molecular formula is C23H28F2N4. The number of rotatable bonds is 5. The number of hydrogen-bond acceptors (Lipinski definition) is 2. The highest BCUT2D eigenvalue weighted by atomic mass is 19.1. The van der Waals surface area contributed by atoms with E-state index in [1.54, 1.807) is 13.0 Å². The Balaban J connectivity index is 0.000000166. The average Bonchev–Trinajstić information content (AvgIpc) is 3.33. The minimum Gasteiger partial charge on any atom is -0.277 e. The van der Waals surface area contributed by atoms with Gasteiger partial charge in [-0.25, -0.2) is 8.78 Å². The molecule has 0 atom stereocenters. The number of benzene rings is 1. The molecule has 3 aromatic rings. The van der Waals surface area contributed by atoms with Crippen LogP contribution < -0.4 is 0 Å². The van der Waals surface area contributed by atoms with Gasteiger partial charge in [0.05, 0.1) is 18.1 Å². The van der Waals surface area contributed by atoms with Crippen LogP contribution >= 0.6 is 0 Å². The standard InChI is InChI=1S/C12H12F2.C11H16N4/c1-7(2)11-10(13)6-5-9(12(11)14)8-3-4-8;1-4-5-15-9(3)10(7-13-15)11-8(2)6-12-14-11/h5-6,8H,1,3-4H2,2H3;6-7H,4-5H2,1-3H3,(H,12,14). The first kappa shape index (κ1) is 21.0. The van der Waals surface area contributed by atoms with Crippen LogP contribution in [0.15, 0.2) is 31.1 Å². The summed E-state index contributed by atoms with van der Waals surface area (Å²) in [6.45, 7) is 12.5. The largest absolute Gasteiger partial charge is 0.277 e. The van der Waals surface area contributed by atoms with Gasteiger partial charge in [-0.05, 0) is 68.7 Å². The Kier molecular flexibility index (Phi) is 6.30. The fourth-order valence-electron chi connectivity index (χ4n) is 3.42. The highest BCUT2D eigenvalue weighted by Crippen LogP contribution is 2.42. The average molecular weight is 399 g/mol. The second-order valence-corrected chi connectivity index (χ2v) is 7.68. The van der Waals surface area contributed by atoms with Crippen molar-refractivity contribution in [1.82, 2.24) is 20.0 Å². The van der Waals surface area contributed by atoms with Crippen molar-refractivity contribution in [2.24, 2.45) is 0 Å². The molecule has 0 saturated heterocycles. The van der Waals surface area contributed by atoms with Crippen LogP contribution in [-0.2, 0) is 6.54 Å². The summed E-state index contributed by atoms with van der Waals surface area (Å²) in [5, 5.41) is 11.4. The highest BCUT2D eigenvalue weighted by Gasteiger charge is 2.28. The van der Waals surface area contributed by atoms with Gasteiger partial charge in [-0.2, -0.15) is 10.2 Å². The van der Waals surface area contributed by atoms with E-state index in [4.69, 9.17) is 0 Å². The zero-order valence-corrected chi connectivity index (χ0v) is 17.5. The third-order valence-electron chi connectivity index (χ3n) is 5.20. The molecule has 0 spiro atoms. The molecule has 4 rings (SSSR count). The molecule has 6 heteroatoms. The molecule has 0 aliphatic heterocycles. The molecule has 2 heterocycles. The van der Waals surface area contributed by atoms with Crippen molar-refractivity contribution >= 4 is 5.57 Å². The zero-order valence-electron chi connectivity index (χ0n) is 17.5. The summed E-state index contributed by atoms with van der Waals surface area (Å²) in [5.41, 5.74) is 5.73. The van der Waals surface area contributed by atoms with E-state index < -0.39 is 11.6 Å². The Morgan fingerprint density at radius 1 is 1.24 bits per heavy atom. The Labute approximate surface area is 170 Å². The zero-order chi connectivity index (χ0) is 21.1. The van der Waals surface area contributed by atoms with Gasteiger partial charge >= 0.3 is 0 Å². The fraction of sp³-hybridized carbons (Fsp3) is 0.391. The van der Waals surface area contributed by atoms with Crippen LogP contribution in [0.1, 0.15) is 61.4 Å². The molecule has 0 bridgehead atoms. The van der Waals surface area contributed by atoms with Gasteiger partial charge in [0.2, 0.25) is 0 Å². The maximum absolute atomic E-state index is 13.8. The van der Waals surface area contributed by atoms with E-state index in [9.17, 15) is 8.78 Å². The maximum Gasteiger partial charge on any atom is 0.137 e. The van der Waals surface area contributed by atoms with Crippen molar-refractivity contribution in [3.8, 4) is 11.3 Å². The molecule has 2 aromatic heterocycles. The van der Waals surface area contributed by atoms with Crippen molar-refractivity contribution in [1.29, 1.82) is 0 Å². The molecule has 1 aliphatic rings. The van der Waals surface area contributed by atoms with Crippen molar-refractivity contribution in [3.63, 3.8) is 0 Å². The first-order valence-corrected chi connectivity index (χ1v) is 10.0. The SMILES string of the molecule is C=C(C)c1c(F)ccc(C2CC2)c1F.CCCn1ncc(-c2[nH]ncc2C)c1C. The lowest BCUT2D eigenvalue weighted by atomic mass is 10.0. The highest BCUT2D eigenvalue weighted by molar-refractivity contribution is 5.64. The number of aryl methyl sites for hydroxylation is 2. The molecule has 4 nitrogen and oxygen atoms in total. The predicted octanol–water partition coefficient (Wildman–Crippen LogP) is 6.18. The molecular weight excluding hydrogens is 370 g/mol. The van der Waals surface area contributed by atoms with Crippen LogP contribution in [0.25, 0.3) is 16.8 Å². The number of H-pyrrole nitrogens is 1. The first-order chi connectivity index (χ1) is 13.8. The molecule has 0 unspecified atom stereocenters. The Bertz CT molecular complexity index is 1010. The van der Waals surface area contributed by atoms with Crippen molar-refractivity contribution < 1.29 is 8.78 Å². The molecule has 0 radical (unpaired) electrons. The van der Waals surface area contributed by atoms with E-state index in [1.807, 2.05) is 17.1 Å². The van der Waals surface area contributed by atoms with Crippen LogP contribution in [0.5, 0.6) is 0 Å². The molecule has 1 saturated carbocycles. The van der Waals surface area contributed by atoms with Gasteiger partial charge in [0.15, 0.2) is 0 Å². The van der Waals surface area contributed by atoms with Gasteiger partial charge in [-0.15, -0.1) is 0 Å². The summed E-state index contributed by atoms with van der Waals surface area (Å²) in [5.74, 6) is -0.631. The van der Waals surface area contributed by atoms with E-state index >= 15 is 0 Å². The first-order valence-electron chi connectivity index (χ1n) is 10.0. The van der Waals surface area contributed by atoms with Crippen LogP contribution in [0.4, 0.5) is 8.78 Å². The Morgan fingerprint density at radius 3 is 2.52 bits per heavy atom. The van der Waals surface area contributed by atoms with E-state index in [1.165, 1.54) is 11.8 Å². The van der Waals surface area contributed by atoms with Crippen LogP contribution in [0, 0.1) is 25.5 Å². The minimum absolute atomic E-state index is 0.0504. The van der Waals surface area contributed by atoms with E-state index in [-0.39, 0.29) is 5.56 Å². The summed E-state index contributed by atoms with van der Waals surface area (Å²) in [7, 11) is 0. The van der Waals surface area contributed by atoms with Gasteiger partial charge in [-0.3, -0.25) is 9.78 Å². The number of nitrogens with zero attached hydrogens (tertiary/aromatic N) is 3. The number of allylic oxidation sites excluding steroid dienone is 1. The normalized spacial score (nSPS) is 13.2. The lowest BCUT2D eigenvalue weighted by molar-refractivity contribution is 0.566. The summed E-state index contributed by atoms with van der Waals surface area (Å²) in [4.78, 5) is 0. The maximum atomic E-state index is 13.8. The monoisotopic (exact) mass is 398 g/mol. The van der Waals surface area contributed by atoms with E-state index in [2.05, 4.69) is 42.6 Å². The fourth-order valence-corrected chi connectivity index (χ4v) is 3.42. The minimum atomic E-state index is -0.514. The van der Waals surface area contributed by atoms with Gasteiger partial charge in [0, 0.05) is 23.4 Å². The summed E-state index contributed by atoms with van der Waals surface area (Å²) >= 11 is 0. The third kappa shape index (κ3) is 4.47. The summed E-state index contributed by atoms with van der Waals surface area (Å²) in [6, 6.07) is 2.88. The van der Waals surface area contributed by atoms with Crippen molar-refractivity contribution in [3.05, 3.63) is 65.1 Å². The molecule has 1 N–H and O–H groups in total. The van der Waals surface area contributed by atoms with Crippen LogP contribution in [-0.4, -0.2) is 20.0 Å². The molecule has 1 aromatic carbocycles. The molecule has 0 amide bonds.